The Balaban J connectivity index is 1.32. The van der Waals surface area contributed by atoms with Gasteiger partial charge in [-0.05, 0) is 86.1 Å². The molecule has 2 heterocycles. The lowest BCUT2D eigenvalue weighted by atomic mass is 9.64. The van der Waals surface area contributed by atoms with Crippen molar-refractivity contribution in [3.8, 4) is 11.5 Å². The molecular weight excluding hydrogens is 804 g/mol. The van der Waals surface area contributed by atoms with Gasteiger partial charge in [-0.3, -0.25) is 14.5 Å². The molecule has 7 rings (SSSR count). The Morgan fingerprint density at radius 2 is 1.57 bits per heavy atom. The highest BCUT2D eigenvalue weighted by Crippen LogP contribution is 2.59. The zero-order valence-electron chi connectivity index (χ0n) is 30.0. The maximum atomic E-state index is 14.4. The molecule has 4 N–H and O–H groups in total. The fraction of sp³-hybridized carbons (Fsp3) is 0.350. The molecule has 0 aromatic heterocycles. The van der Waals surface area contributed by atoms with E-state index in [0.717, 1.165) is 15.3 Å². The number of phenolic OH excluding ortho intramolecular Hbond substituents is 1. The summed E-state index contributed by atoms with van der Waals surface area (Å²) in [5, 5.41) is 45.0. The van der Waals surface area contributed by atoms with Crippen LogP contribution in [-0.4, -0.2) is 67.0 Å². The molecule has 0 radical (unpaired) electrons. The Morgan fingerprint density at radius 1 is 0.925 bits per heavy atom. The van der Waals surface area contributed by atoms with Crippen LogP contribution in [0.1, 0.15) is 45.3 Å². The molecule has 276 valence electrons. The van der Waals surface area contributed by atoms with Crippen molar-refractivity contribution in [3.05, 3.63) is 106 Å². The number of methoxy groups -OCH3 is 1. The first-order valence-electron chi connectivity index (χ1n) is 17.8. The van der Waals surface area contributed by atoms with Crippen molar-refractivity contribution in [3.63, 3.8) is 0 Å². The van der Waals surface area contributed by atoms with Gasteiger partial charge in [0.1, 0.15) is 0 Å². The Bertz CT molecular complexity index is 1970. The molecule has 1 saturated carbocycles. The van der Waals surface area contributed by atoms with Crippen LogP contribution in [0.25, 0.3) is 0 Å². The number of hydrogen-bond acceptors (Lipinski definition) is 9. The minimum absolute atomic E-state index is 0.00921. The molecule has 0 bridgehead atoms. The zero-order chi connectivity index (χ0) is 37.9. The average molecular weight is 848 g/mol. The number of ether oxygens (including phenoxy) is 2. The summed E-state index contributed by atoms with van der Waals surface area (Å²) in [5.74, 6) is -5.67. The molecule has 6 atom stereocenters. The van der Waals surface area contributed by atoms with Crippen molar-refractivity contribution < 1.29 is 43.7 Å². The number of fused-ring (bicyclic) bond motifs is 3. The van der Waals surface area contributed by atoms with Crippen LogP contribution < -0.4 is 25.5 Å². The van der Waals surface area contributed by atoms with Gasteiger partial charge < -0.3 is 34.2 Å². The summed E-state index contributed by atoms with van der Waals surface area (Å²) >= 11 is 2.02. The van der Waals surface area contributed by atoms with E-state index in [2.05, 4.69) is 45.0 Å². The molecule has 4 aromatic rings. The Morgan fingerprint density at radius 3 is 2.15 bits per heavy atom. The molecule has 0 unspecified atom stereocenters. The minimum atomic E-state index is -3.09. The number of amides is 2. The number of phenols is 1. The third-order valence-corrected chi connectivity index (χ3v) is 17.2. The summed E-state index contributed by atoms with van der Waals surface area (Å²) in [7, 11) is -3.41. The maximum Gasteiger partial charge on any atom is 0.488 e. The lowest BCUT2D eigenvalue weighted by Crippen LogP contribution is -2.67. The number of carbonyl (C=O) groups excluding carboxylic acids is 2. The highest BCUT2D eigenvalue weighted by molar-refractivity contribution is 14.1. The van der Waals surface area contributed by atoms with E-state index < -0.39 is 62.8 Å². The normalized spacial score (nSPS) is 25.7. The lowest BCUT2D eigenvalue weighted by molar-refractivity contribution is -0.273. The maximum absolute atomic E-state index is 14.4. The molecule has 0 spiro atoms. The van der Waals surface area contributed by atoms with Crippen molar-refractivity contribution in [2.75, 3.05) is 18.6 Å². The fourth-order valence-electron chi connectivity index (χ4n) is 8.88. The quantitative estimate of drug-likeness (QED) is 0.112. The molecule has 3 fully saturated rings. The Kier molecular flexibility index (Phi) is 10.1. The van der Waals surface area contributed by atoms with E-state index in [-0.39, 0.29) is 47.1 Å². The monoisotopic (exact) mass is 847 g/mol. The molecule has 1 aliphatic carbocycles. The highest BCUT2D eigenvalue weighted by atomic mass is 127. The van der Waals surface area contributed by atoms with Gasteiger partial charge in [-0.15, -0.1) is 0 Å². The summed E-state index contributed by atoms with van der Waals surface area (Å²) in [6.07, 6.45) is -0.339. The van der Waals surface area contributed by atoms with Gasteiger partial charge >= 0.3 is 7.12 Å². The number of nitrogens with zero attached hydrogens (tertiary/aromatic N) is 1. The predicted molar refractivity (Wildman–Crippen MR) is 212 cm³/mol. The van der Waals surface area contributed by atoms with Gasteiger partial charge in [0.25, 0.3) is 8.32 Å². The second-order valence-corrected chi connectivity index (χ2v) is 20.7. The summed E-state index contributed by atoms with van der Waals surface area (Å²) < 4.78 is 20.0. The van der Waals surface area contributed by atoms with E-state index in [0.29, 0.717) is 9.13 Å². The number of rotatable bonds is 9. The molecule has 53 heavy (non-hydrogen) atoms. The fourth-order valence-corrected chi connectivity index (χ4v) is 14.1. The molecule has 13 heteroatoms. The molecule has 2 aliphatic heterocycles. The van der Waals surface area contributed by atoms with Crippen molar-refractivity contribution in [1.82, 2.24) is 0 Å². The first-order valence-corrected chi connectivity index (χ1v) is 20.8. The van der Waals surface area contributed by atoms with Gasteiger partial charge in [0.2, 0.25) is 11.8 Å². The number of aromatic hydroxyl groups is 1. The van der Waals surface area contributed by atoms with Crippen molar-refractivity contribution in [2.24, 2.45) is 23.7 Å². The molecule has 10 nitrogen and oxygen atoms in total. The largest absolute Gasteiger partial charge is 0.504 e. The van der Waals surface area contributed by atoms with Gasteiger partial charge in [0.15, 0.2) is 17.3 Å². The van der Waals surface area contributed by atoms with Gasteiger partial charge in [-0.1, -0.05) is 93.6 Å². The number of benzene rings is 4. The van der Waals surface area contributed by atoms with E-state index >= 15 is 0 Å². The van der Waals surface area contributed by atoms with E-state index in [1.165, 1.54) is 19.2 Å². The lowest BCUT2D eigenvalue weighted by Gasteiger charge is -2.48. The van der Waals surface area contributed by atoms with Crippen LogP contribution >= 0.6 is 22.6 Å². The average Bonchev–Trinajstić information content (AvgIpc) is 3.62. The molecule has 3 aliphatic rings. The minimum Gasteiger partial charge on any atom is -0.504 e. The zero-order valence-corrected chi connectivity index (χ0v) is 33.1. The van der Waals surface area contributed by atoms with E-state index in [4.69, 9.17) is 13.9 Å². The molecule has 4 aromatic carbocycles. The number of carbonyl (C=O) groups is 2. The van der Waals surface area contributed by atoms with Crippen LogP contribution in [0.5, 0.6) is 11.5 Å². The van der Waals surface area contributed by atoms with Crippen molar-refractivity contribution in [1.29, 1.82) is 0 Å². The second-order valence-electron chi connectivity index (χ2n) is 15.3. The van der Waals surface area contributed by atoms with Crippen molar-refractivity contribution >= 4 is 71.4 Å². The summed E-state index contributed by atoms with van der Waals surface area (Å²) in [6, 6.07) is 29.9. The van der Waals surface area contributed by atoms with Gasteiger partial charge in [0, 0.05) is 18.4 Å². The van der Waals surface area contributed by atoms with Crippen LogP contribution in [0.3, 0.4) is 0 Å². The van der Waals surface area contributed by atoms with Gasteiger partial charge in [-0.25, -0.2) is 0 Å². The van der Waals surface area contributed by atoms with Gasteiger partial charge in [0.05, 0.1) is 34.3 Å². The number of hydrogen-bond donors (Lipinski definition) is 4. The first-order chi connectivity index (χ1) is 25.2. The first kappa shape index (κ1) is 37.7. The van der Waals surface area contributed by atoms with Crippen LogP contribution in [0.4, 0.5) is 5.69 Å². The topological polar surface area (TPSA) is 146 Å². The highest BCUT2D eigenvalue weighted by Gasteiger charge is 2.67. The van der Waals surface area contributed by atoms with Crippen LogP contribution in [0, 0.1) is 27.2 Å². The molecule has 2 saturated heterocycles. The number of halogens is 1. The standard InChI is InChI=1S/C40H43BINO9Si/c1-39(2,3)53(28-14-7-5-8-15-28,29-16-9-6-10-17-29)51-23-25-20-30-35(38(46)43(37(30)45)27-13-11-12-26(21-27)41(48)49)31-22-33(52-40(25,31)47)24-18-32(42)36(44)34(19-24)50-4/h5-19,21,25,30-31,33,35,44,47-49H,20,22-23H2,1-4H3/t25-,30+,31+,33+,35+,40-/m1/s1. The van der Waals surface area contributed by atoms with Crippen LogP contribution in [0.2, 0.25) is 5.04 Å². The van der Waals surface area contributed by atoms with Crippen LogP contribution in [-0.2, 0) is 18.8 Å². The summed E-state index contributed by atoms with van der Waals surface area (Å²) in [4.78, 5) is 29.9. The van der Waals surface area contributed by atoms with Crippen molar-refractivity contribution in [2.45, 2.75) is 50.5 Å². The predicted octanol–water partition coefficient (Wildman–Crippen LogP) is 3.85. The SMILES string of the molecule is COc1cc([C@@H]2C[C@H]3[C@H]4C(=O)N(c5cccc(B(O)O)c5)C(=O)[C@H]4C[C@H](CO[Si](c4ccccc4)(c4ccccc4)C(C)(C)C)[C@@]3(O)O2)cc(I)c1O. The Labute approximate surface area is 324 Å². The second kappa shape index (κ2) is 14.3. The number of imide groups is 1. The smallest absolute Gasteiger partial charge is 0.488 e. The van der Waals surface area contributed by atoms with E-state index in [1.54, 1.807) is 24.3 Å². The number of aliphatic hydroxyl groups is 1. The van der Waals surface area contributed by atoms with E-state index in [1.807, 2.05) is 59.0 Å². The van der Waals surface area contributed by atoms with E-state index in [9.17, 15) is 29.9 Å². The van der Waals surface area contributed by atoms with Crippen LogP contribution in [0.15, 0.2) is 97.1 Å². The summed E-state index contributed by atoms with van der Waals surface area (Å²) in [6.45, 7) is 6.57. The number of anilines is 1. The molecular formula is C40H43BINO9Si. The Hall–Kier alpha value is -3.57. The summed E-state index contributed by atoms with van der Waals surface area (Å²) in [5.41, 5.74) is 1.04. The third kappa shape index (κ3) is 6.33. The van der Waals surface area contributed by atoms with Gasteiger partial charge in [-0.2, -0.15) is 0 Å². The third-order valence-electron chi connectivity index (χ3n) is 11.4. The molecule has 2 amide bonds.